The highest BCUT2D eigenvalue weighted by atomic mass is 16.5. The molecule has 0 radical (unpaired) electrons. The van der Waals surface area contributed by atoms with E-state index in [-0.39, 0.29) is 11.5 Å². The van der Waals surface area contributed by atoms with Gasteiger partial charge in [-0.3, -0.25) is 9.69 Å². The minimum Gasteiger partial charge on any atom is -0.373 e. The Hall–Kier alpha value is -1.43. The van der Waals surface area contributed by atoms with Gasteiger partial charge in [0, 0.05) is 38.3 Å². The molecule has 1 fully saturated rings. The van der Waals surface area contributed by atoms with Crippen molar-refractivity contribution in [1.82, 2.24) is 4.90 Å². The Morgan fingerprint density at radius 2 is 2.10 bits per heavy atom. The number of ether oxygens (including phenoxy) is 1. The van der Waals surface area contributed by atoms with Gasteiger partial charge in [0.15, 0.2) is 0 Å². The van der Waals surface area contributed by atoms with Crippen molar-refractivity contribution >= 4 is 11.6 Å². The molecule has 0 aliphatic carbocycles. The van der Waals surface area contributed by atoms with Crippen LogP contribution in [0.15, 0.2) is 24.3 Å². The van der Waals surface area contributed by atoms with Gasteiger partial charge in [-0.25, -0.2) is 0 Å². The number of benzene rings is 1. The van der Waals surface area contributed by atoms with Crippen LogP contribution in [0.4, 0.5) is 5.69 Å². The number of amides is 1. The van der Waals surface area contributed by atoms with Crippen LogP contribution in [0.3, 0.4) is 0 Å². The average molecular weight is 291 g/mol. The molecule has 1 aromatic carbocycles. The zero-order valence-electron chi connectivity index (χ0n) is 12.9. The predicted molar refractivity (Wildman–Crippen MR) is 84.1 cm³/mol. The number of carbonyl (C=O) groups excluding carboxylic acids is 1. The second-order valence-electron chi connectivity index (χ2n) is 6.08. The van der Waals surface area contributed by atoms with E-state index in [4.69, 9.17) is 10.5 Å². The van der Waals surface area contributed by atoms with Crippen LogP contribution < -0.4 is 11.1 Å². The summed E-state index contributed by atoms with van der Waals surface area (Å²) in [6.45, 7) is 7.93. The van der Waals surface area contributed by atoms with Crippen LogP contribution in [0.2, 0.25) is 0 Å². The normalized spacial score (nSPS) is 18.4. The van der Waals surface area contributed by atoms with E-state index in [9.17, 15) is 4.79 Å². The van der Waals surface area contributed by atoms with Gasteiger partial charge in [-0.05, 0) is 31.5 Å². The number of hydrogen-bond donors (Lipinski definition) is 2. The molecule has 1 aliphatic rings. The molecule has 3 N–H and O–H groups in total. The third-order valence-electron chi connectivity index (χ3n) is 3.63. The molecule has 1 saturated heterocycles. The van der Waals surface area contributed by atoms with Crippen LogP contribution in [-0.4, -0.2) is 42.6 Å². The van der Waals surface area contributed by atoms with Crippen LogP contribution in [0.25, 0.3) is 0 Å². The van der Waals surface area contributed by atoms with Gasteiger partial charge in [-0.2, -0.15) is 0 Å². The molecule has 0 saturated carbocycles. The smallest absolute Gasteiger partial charge is 0.225 e. The van der Waals surface area contributed by atoms with Crippen molar-refractivity contribution in [2.75, 3.05) is 31.6 Å². The Morgan fingerprint density at radius 1 is 1.38 bits per heavy atom. The Morgan fingerprint density at radius 3 is 2.71 bits per heavy atom. The number of hydrogen-bond acceptors (Lipinski definition) is 4. The Bertz CT molecular complexity index is 471. The first-order valence-electron chi connectivity index (χ1n) is 7.44. The van der Waals surface area contributed by atoms with Crippen molar-refractivity contribution in [2.45, 2.75) is 32.4 Å². The highest BCUT2D eigenvalue weighted by molar-refractivity contribution is 5.90. The number of morpholine rings is 1. The molecule has 2 rings (SSSR count). The molecular formula is C16H25N3O2. The molecule has 1 heterocycles. The molecule has 21 heavy (non-hydrogen) atoms. The lowest BCUT2D eigenvalue weighted by Crippen LogP contribution is -2.48. The third kappa shape index (κ3) is 5.12. The first kappa shape index (κ1) is 15.9. The van der Waals surface area contributed by atoms with Crippen molar-refractivity contribution in [2.24, 2.45) is 5.73 Å². The summed E-state index contributed by atoms with van der Waals surface area (Å²) in [6, 6.07) is 7.64. The predicted octanol–water partition coefficient (Wildman–Crippen LogP) is 1.58. The fourth-order valence-corrected chi connectivity index (χ4v) is 2.51. The highest BCUT2D eigenvalue weighted by Gasteiger charge is 2.27. The maximum absolute atomic E-state index is 12.0. The van der Waals surface area contributed by atoms with Crippen LogP contribution >= 0.6 is 0 Å². The summed E-state index contributed by atoms with van der Waals surface area (Å²) in [5.74, 6) is 0.0415. The van der Waals surface area contributed by atoms with Crippen molar-refractivity contribution in [3.63, 3.8) is 0 Å². The lowest BCUT2D eigenvalue weighted by atomic mass is 10.1. The van der Waals surface area contributed by atoms with Crippen molar-refractivity contribution < 1.29 is 9.53 Å². The lowest BCUT2D eigenvalue weighted by Gasteiger charge is -2.38. The van der Waals surface area contributed by atoms with Gasteiger partial charge in [0.2, 0.25) is 5.91 Å². The van der Waals surface area contributed by atoms with E-state index < -0.39 is 0 Å². The van der Waals surface area contributed by atoms with Crippen LogP contribution in [0, 0.1) is 0 Å². The van der Waals surface area contributed by atoms with Gasteiger partial charge in [0.05, 0.1) is 12.2 Å². The standard InChI is InChI=1S/C16H25N3O2/c1-16(2)12-19(9-10-21-16)8-7-15(20)18-14-5-3-13(11-17)4-6-14/h3-6H,7-12,17H2,1-2H3,(H,18,20). The Balaban J connectivity index is 1.76. The van der Waals surface area contributed by atoms with Crippen LogP contribution in [0.1, 0.15) is 25.8 Å². The fraction of sp³-hybridized carbons (Fsp3) is 0.562. The molecule has 116 valence electrons. The SMILES string of the molecule is CC1(C)CN(CCC(=O)Nc2ccc(CN)cc2)CCO1. The van der Waals surface area contributed by atoms with Gasteiger partial charge in [0.1, 0.15) is 0 Å². The first-order chi connectivity index (χ1) is 9.98. The van der Waals surface area contributed by atoms with Gasteiger partial charge < -0.3 is 15.8 Å². The first-order valence-corrected chi connectivity index (χ1v) is 7.44. The minimum atomic E-state index is -0.118. The highest BCUT2D eigenvalue weighted by Crippen LogP contribution is 2.16. The van der Waals surface area contributed by atoms with Crippen molar-refractivity contribution in [3.05, 3.63) is 29.8 Å². The molecule has 1 aromatic rings. The topological polar surface area (TPSA) is 67.6 Å². The van der Waals surface area contributed by atoms with Crippen molar-refractivity contribution in [1.29, 1.82) is 0 Å². The monoisotopic (exact) mass is 291 g/mol. The van der Waals surface area contributed by atoms with E-state index in [1.165, 1.54) is 0 Å². The second kappa shape index (κ2) is 7.02. The zero-order valence-corrected chi connectivity index (χ0v) is 12.9. The zero-order chi connectivity index (χ0) is 15.3. The fourth-order valence-electron chi connectivity index (χ4n) is 2.51. The molecule has 5 heteroatoms. The van der Waals surface area contributed by atoms with Gasteiger partial charge in [-0.1, -0.05) is 12.1 Å². The molecule has 1 aliphatic heterocycles. The summed E-state index contributed by atoms with van der Waals surface area (Å²) in [6.07, 6.45) is 0.495. The van der Waals surface area contributed by atoms with E-state index in [1.807, 2.05) is 24.3 Å². The molecule has 1 amide bonds. The largest absolute Gasteiger partial charge is 0.373 e. The summed E-state index contributed by atoms with van der Waals surface area (Å²) in [5.41, 5.74) is 7.31. The second-order valence-corrected chi connectivity index (χ2v) is 6.08. The minimum absolute atomic E-state index is 0.0415. The molecule has 0 atom stereocenters. The van der Waals surface area contributed by atoms with Crippen LogP contribution in [0.5, 0.6) is 0 Å². The number of rotatable bonds is 5. The maximum atomic E-state index is 12.0. The van der Waals surface area contributed by atoms with E-state index in [2.05, 4.69) is 24.1 Å². The third-order valence-corrected chi connectivity index (χ3v) is 3.63. The quantitative estimate of drug-likeness (QED) is 0.864. The van der Waals surface area contributed by atoms with E-state index in [0.717, 1.165) is 37.5 Å². The Labute approximate surface area is 126 Å². The average Bonchev–Trinajstić information content (AvgIpc) is 2.45. The molecule has 0 bridgehead atoms. The molecule has 0 unspecified atom stereocenters. The molecule has 0 spiro atoms. The van der Waals surface area contributed by atoms with E-state index in [1.54, 1.807) is 0 Å². The molecule has 5 nitrogen and oxygen atoms in total. The molecular weight excluding hydrogens is 266 g/mol. The van der Waals surface area contributed by atoms with Gasteiger partial charge in [0.25, 0.3) is 0 Å². The van der Waals surface area contributed by atoms with E-state index in [0.29, 0.717) is 13.0 Å². The summed E-state index contributed by atoms with van der Waals surface area (Å²) < 4.78 is 5.67. The summed E-state index contributed by atoms with van der Waals surface area (Å²) in [7, 11) is 0. The van der Waals surface area contributed by atoms with Gasteiger partial charge in [-0.15, -0.1) is 0 Å². The Kier molecular flexibility index (Phi) is 5.33. The van der Waals surface area contributed by atoms with E-state index >= 15 is 0 Å². The number of nitrogens with two attached hydrogens (primary N) is 1. The summed E-state index contributed by atoms with van der Waals surface area (Å²) >= 11 is 0. The lowest BCUT2D eigenvalue weighted by molar-refractivity contribution is -0.118. The number of nitrogens with zero attached hydrogens (tertiary/aromatic N) is 1. The number of carbonyl (C=O) groups is 1. The summed E-state index contributed by atoms with van der Waals surface area (Å²) in [4.78, 5) is 14.3. The van der Waals surface area contributed by atoms with Crippen molar-refractivity contribution in [3.8, 4) is 0 Å². The maximum Gasteiger partial charge on any atom is 0.225 e. The summed E-state index contributed by atoms with van der Waals surface area (Å²) in [5, 5.41) is 2.92. The van der Waals surface area contributed by atoms with Gasteiger partial charge >= 0.3 is 0 Å². The van der Waals surface area contributed by atoms with Crippen LogP contribution in [-0.2, 0) is 16.1 Å². The molecule has 0 aromatic heterocycles. The number of anilines is 1. The number of nitrogens with one attached hydrogen (secondary N) is 1.